The molecule has 0 saturated carbocycles. The SMILES string of the molecule is O=C(O)CNCc1cc([N+](=O)[O-])c(F)cc1F. The number of carboxylic acid groups (broad SMARTS) is 1. The van der Waals surface area contributed by atoms with E-state index in [0.717, 1.165) is 6.07 Å². The van der Waals surface area contributed by atoms with Gasteiger partial charge >= 0.3 is 11.7 Å². The topological polar surface area (TPSA) is 92.5 Å². The Bertz CT molecular complexity index is 465. The summed E-state index contributed by atoms with van der Waals surface area (Å²) in [5.41, 5.74) is -1.02. The monoisotopic (exact) mass is 246 g/mol. The van der Waals surface area contributed by atoms with Gasteiger partial charge in [-0.3, -0.25) is 14.9 Å². The molecule has 6 nitrogen and oxygen atoms in total. The van der Waals surface area contributed by atoms with E-state index in [1.807, 2.05) is 0 Å². The first-order valence-corrected chi connectivity index (χ1v) is 4.46. The second kappa shape index (κ2) is 5.30. The number of nitrogens with zero attached hydrogens (tertiary/aromatic N) is 1. The molecule has 92 valence electrons. The normalized spacial score (nSPS) is 10.2. The van der Waals surface area contributed by atoms with Crippen LogP contribution in [0.4, 0.5) is 14.5 Å². The maximum Gasteiger partial charge on any atom is 0.317 e. The minimum Gasteiger partial charge on any atom is -0.480 e. The fourth-order valence-corrected chi connectivity index (χ4v) is 1.16. The van der Waals surface area contributed by atoms with Gasteiger partial charge < -0.3 is 10.4 Å². The van der Waals surface area contributed by atoms with Gasteiger partial charge in [0.1, 0.15) is 5.82 Å². The smallest absolute Gasteiger partial charge is 0.317 e. The van der Waals surface area contributed by atoms with Gasteiger partial charge in [-0.15, -0.1) is 0 Å². The molecule has 0 amide bonds. The van der Waals surface area contributed by atoms with E-state index in [-0.39, 0.29) is 12.1 Å². The highest BCUT2D eigenvalue weighted by Gasteiger charge is 2.18. The summed E-state index contributed by atoms with van der Waals surface area (Å²) >= 11 is 0. The Morgan fingerprint density at radius 1 is 1.41 bits per heavy atom. The van der Waals surface area contributed by atoms with Gasteiger partial charge in [0, 0.05) is 24.2 Å². The minimum absolute atomic E-state index is 0.167. The molecule has 0 spiro atoms. The van der Waals surface area contributed by atoms with Gasteiger partial charge in [-0.25, -0.2) is 4.39 Å². The molecule has 0 unspecified atom stereocenters. The molecule has 0 atom stereocenters. The van der Waals surface area contributed by atoms with Crippen molar-refractivity contribution >= 4 is 11.7 Å². The van der Waals surface area contributed by atoms with Crippen molar-refractivity contribution in [3.8, 4) is 0 Å². The largest absolute Gasteiger partial charge is 0.480 e. The third-order valence-corrected chi connectivity index (χ3v) is 1.90. The van der Waals surface area contributed by atoms with Crippen molar-refractivity contribution in [2.24, 2.45) is 0 Å². The molecule has 1 aromatic carbocycles. The molecule has 17 heavy (non-hydrogen) atoms. The van der Waals surface area contributed by atoms with Gasteiger partial charge in [-0.2, -0.15) is 4.39 Å². The Hall–Kier alpha value is -2.09. The lowest BCUT2D eigenvalue weighted by molar-refractivity contribution is -0.387. The second-order valence-corrected chi connectivity index (χ2v) is 3.15. The summed E-state index contributed by atoms with van der Waals surface area (Å²) in [6.45, 7) is -0.663. The quantitative estimate of drug-likeness (QED) is 0.598. The summed E-state index contributed by atoms with van der Waals surface area (Å²) in [6, 6.07) is 1.13. The number of benzene rings is 1. The molecule has 0 aliphatic carbocycles. The molecule has 0 aromatic heterocycles. The lowest BCUT2D eigenvalue weighted by atomic mass is 10.2. The van der Waals surface area contributed by atoms with E-state index in [9.17, 15) is 23.7 Å². The predicted molar refractivity (Wildman–Crippen MR) is 52.4 cm³/mol. The molecule has 1 aromatic rings. The van der Waals surface area contributed by atoms with Crippen molar-refractivity contribution < 1.29 is 23.6 Å². The van der Waals surface area contributed by atoms with Crippen LogP contribution in [0.1, 0.15) is 5.56 Å². The van der Waals surface area contributed by atoms with Gasteiger partial charge in [-0.05, 0) is 0 Å². The lowest BCUT2D eigenvalue weighted by Crippen LogP contribution is -2.22. The zero-order chi connectivity index (χ0) is 13.0. The van der Waals surface area contributed by atoms with Crippen molar-refractivity contribution in [3.05, 3.63) is 39.4 Å². The van der Waals surface area contributed by atoms with Gasteiger partial charge in [-0.1, -0.05) is 0 Å². The van der Waals surface area contributed by atoms with Gasteiger partial charge in [0.25, 0.3) is 0 Å². The summed E-state index contributed by atoms with van der Waals surface area (Å²) in [4.78, 5) is 19.6. The van der Waals surface area contributed by atoms with Crippen molar-refractivity contribution in [1.82, 2.24) is 5.32 Å². The molecule has 0 aliphatic rings. The first-order chi connectivity index (χ1) is 7.91. The highest BCUT2D eigenvalue weighted by Crippen LogP contribution is 2.21. The molecule has 1 rings (SSSR count). The number of nitro benzene ring substituents is 1. The Morgan fingerprint density at radius 2 is 2.06 bits per heavy atom. The molecule has 2 N–H and O–H groups in total. The minimum atomic E-state index is -1.27. The van der Waals surface area contributed by atoms with E-state index in [2.05, 4.69) is 5.32 Å². The molecule has 0 bridgehead atoms. The average molecular weight is 246 g/mol. The number of aliphatic carboxylic acids is 1. The zero-order valence-corrected chi connectivity index (χ0v) is 8.44. The third-order valence-electron chi connectivity index (χ3n) is 1.90. The summed E-state index contributed by atoms with van der Waals surface area (Å²) in [5, 5.41) is 21.1. The Labute approximate surface area is 94.0 Å². The number of nitro groups is 1. The van der Waals surface area contributed by atoms with Crippen LogP contribution in [-0.4, -0.2) is 22.5 Å². The molecule has 8 heteroatoms. The van der Waals surface area contributed by atoms with Crippen molar-refractivity contribution in [2.75, 3.05) is 6.54 Å². The molecule has 0 fully saturated rings. The summed E-state index contributed by atoms with van der Waals surface area (Å²) < 4.78 is 26.1. The van der Waals surface area contributed by atoms with Crippen LogP contribution in [0.5, 0.6) is 0 Å². The van der Waals surface area contributed by atoms with Crippen LogP contribution >= 0.6 is 0 Å². The van der Waals surface area contributed by atoms with Crippen molar-refractivity contribution in [2.45, 2.75) is 6.54 Å². The first-order valence-electron chi connectivity index (χ1n) is 4.46. The number of nitrogens with one attached hydrogen (secondary N) is 1. The number of carboxylic acids is 1. The number of rotatable bonds is 5. The Kier molecular flexibility index (Phi) is 4.05. The van der Waals surface area contributed by atoms with Crippen LogP contribution < -0.4 is 5.32 Å². The number of hydrogen-bond acceptors (Lipinski definition) is 4. The van der Waals surface area contributed by atoms with Gasteiger partial charge in [0.2, 0.25) is 5.82 Å². The molecule has 0 heterocycles. The highest BCUT2D eigenvalue weighted by atomic mass is 19.1. The van der Waals surface area contributed by atoms with Crippen LogP contribution in [0, 0.1) is 21.7 Å². The predicted octanol–water partition coefficient (Wildman–Crippen LogP) is 1.05. The Balaban J connectivity index is 2.88. The van der Waals surface area contributed by atoms with E-state index in [4.69, 9.17) is 5.11 Å². The number of halogens is 2. The zero-order valence-electron chi connectivity index (χ0n) is 8.44. The second-order valence-electron chi connectivity index (χ2n) is 3.15. The standard InChI is InChI=1S/C9H8F2N2O4/c10-6-2-7(11)8(13(16)17)1-5(6)3-12-4-9(14)15/h1-2,12H,3-4H2,(H,14,15). The average Bonchev–Trinajstić information content (AvgIpc) is 2.20. The fraction of sp³-hybridized carbons (Fsp3) is 0.222. The lowest BCUT2D eigenvalue weighted by Gasteiger charge is -2.04. The Morgan fingerprint density at radius 3 is 2.59 bits per heavy atom. The maximum absolute atomic E-state index is 13.2. The van der Waals surface area contributed by atoms with Crippen LogP contribution in [0.25, 0.3) is 0 Å². The van der Waals surface area contributed by atoms with E-state index >= 15 is 0 Å². The third kappa shape index (κ3) is 3.45. The molecular formula is C9H8F2N2O4. The summed E-state index contributed by atoms with van der Waals surface area (Å²) in [5.74, 6) is -3.39. The molecular weight excluding hydrogens is 238 g/mol. The molecule has 0 radical (unpaired) electrons. The van der Waals surface area contributed by atoms with Crippen molar-refractivity contribution in [3.63, 3.8) is 0 Å². The summed E-state index contributed by atoms with van der Waals surface area (Å²) in [6.07, 6.45) is 0. The first kappa shape index (κ1) is 13.0. The van der Waals surface area contributed by atoms with Crippen molar-refractivity contribution in [1.29, 1.82) is 0 Å². The van der Waals surface area contributed by atoms with Crippen LogP contribution in [0.15, 0.2) is 12.1 Å². The number of hydrogen-bond donors (Lipinski definition) is 2. The van der Waals surface area contributed by atoms with Crippen LogP contribution in [0.2, 0.25) is 0 Å². The van der Waals surface area contributed by atoms with E-state index in [1.165, 1.54) is 0 Å². The summed E-state index contributed by atoms with van der Waals surface area (Å²) in [7, 11) is 0. The highest BCUT2D eigenvalue weighted by molar-refractivity contribution is 5.69. The van der Waals surface area contributed by atoms with Crippen LogP contribution in [-0.2, 0) is 11.3 Å². The van der Waals surface area contributed by atoms with Gasteiger partial charge in [0.05, 0.1) is 11.5 Å². The van der Waals surface area contributed by atoms with E-state index < -0.39 is 34.8 Å². The number of carbonyl (C=O) groups is 1. The fourth-order valence-electron chi connectivity index (χ4n) is 1.16. The van der Waals surface area contributed by atoms with E-state index in [1.54, 1.807) is 0 Å². The van der Waals surface area contributed by atoms with Crippen LogP contribution in [0.3, 0.4) is 0 Å². The maximum atomic E-state index is 13.2. The van der Waals surface area contributed by atoms with Gasteiger partial charge in [0.15, 0.2) is 0 Å². The molecule has 0 aliphatic heterocycles. The molecule has 0 saturated heterocycles. The van der Waals surface area contributed by atoms with E-state index in [0.29, 0.717) is 6.07 Å².